The van der Waals surface area contributed by atoms with Crippen LogP contribution >= 0.6 is 23.3 Å². The summed E-state index contributed by atoms with van der Waals surface area (Å²) in [5.41, 5.74) is 1.46. The quantitative estimate of drug-likeness (QED) is 0.239. The van der Waals surface area contributed by atoms with Gasteiger partial charge in [-0.3, -0.25) is 4.72 Å². The minimum Gasteiger partial charge on any atom is -0.493 e. The van der Waals surface area contributed by atoms with Crippen molar-refractivity contribution in [1.82, 2.24) is 15.0 Å². The smallest absolute Gasteiger partial charge is 0.416 e. The highest BCUT2D eigenvalue weighted by molar-refractivity contribution is 8.00. The van der Waals surface area contributed by atoms with Crippen LogP contribution in [-0.2, 0) is 6.18 Å². The molecule has 5 nitrogen and oxygen atoms in total. The Hall–Kier alpha value is -3.18. The number of thiazole rings is 1. The van der Waals surface area contributed by atoms with Crippen molar-refractivity contribution in [3.8, 4) is 16.3 Å². The fourth-order valence-electron chi connectivity index (χ4n) is 3.80. The van der Waals surface area contributed by atoms with E-state index in [0.29, 0.717) is 29.3 Å². The zero-order valence-corrected chi connectivity index (χ0v) is 19.0. The second-order valence-electron chi connectivity index (χ2n) is 7.46. The number of anilines is 1. The zero-order chi connectivity index (χ0) is 23.7. The Balaban J connectivity index is 1.46. The largest absolute Gasteiger partial charge is 0.493 e. The molecule has 5 rings (SSSR count). The number of fused-ring (bicyclic) bond motifs is 1. The van der Waals surface area contributed by atoms with Gasteiger partial charge in [0.1, 0.15) is 10.8 Å². The first kappa shape index (κ1) is 22.6. The lowest BCUT2D eigenvalue weighted by atomic mass is 9.83. The molecule has 0 fully saturated rings. The van der Waals surface area contributed by atoms with E-state index in [4.69, 9.17) is 4.74 Å². The van der Waals surface area contributed by atoms with Gasteiger partial charge < -0.3 is 4.74 Å². The lowest BCUT2D eigenvalue weighted by Gasteiger charge is -2.28. The van der Waals surface area contributed by atoms with Gasteiger partial charge in [0.05, 0.1) is 24.6 Å². The summed E-state index contributed by atoms with van der Waals surface area (Å²) < 4.78 is 62.0. The van der Waals surface area contributed by atoms with Gasteiger partial charge in [-0.05, 0) is 48.2 Å². The summed E-state index contributed by atoms with van der Waals surface area (Å²) >= 11 is 2.55. The van der Waals surface area contributed by atoms with Crippen LogP contribution in [0.5, 0.6) is 5.75 Å². The van der Waals surface area contributed by atoms with Crippen molar-refractivity contribution < 1.29 is 22.3 Å². The number of halogens is 4. The van der Waals surface area contributed by atoms with Crippen molar-refractivity contribution in [3.05, 3.63) is 82.9 Å². The van der Waals surface area contributed by atoms with Crippen molar-refractivity contribution >= 4 is 29.2 Å². The van der Waals surface area contributed by atoms with Gasteiger partial charge in [-0.25, -0.2) is 19.3 Å². The number of nitrogens with zero attached hydrogens (tertiary/aromatic N) is 3. The Bertz CT molecular complexity index is 1300. The maximum atomic E-state index is 13.4. The predicted octanol–water partition coefficient (Wildman–Crippen LogP) is 6.79. The molecule has 0 saturated heterocycles. The molecule has 4 aromatic rings. The van der Waals surface area contributed by atoms with Gasteiger partial charge in [0.15, 0.2) is 5.82 Å². The van der Waals surface area contributed by atoms with Gasteiger partial charge in [-0.1, -0.05) is 12.1 Å². The van der Waals surface area contributed by atoms with Crippen LogP contribution in [0.15, 0.2) is 65.3 Å². The number of benzene rings is 2. The number of hydrogen-bond acceptors (Lipinski definition) is 7. The monoisotopic (exact) mass is 504 g/mol. The molecule has 0 aliphatic carbocycles. The molecular formula is C23H16F4N4OS2. The van der Waals surface area contributed by atoms with E-state index in [-0.39, 0.29) is 11.9 Å². The molecular weight excluding hydrogens is 488 g/mol. The van der Waals surface area contributed by atoms with Crippen molar-refractivity contribution in [2.45, 2.75) is 23.4 Å². The van der Waals surface area contributed by atoms with E-state index in [1.54, 1.807) is 17.6 Å². The van der Waals surface area contributed by atoms with E-state index in [1.807, 2.05) is 18.2 Å². The summed E-state index contributed by atoms with van der Waals surface area (Å²) in [6.07, 6.45) is -0.0825. The molecule has 1 aliphatic heterocycles. The first-order valence-corrected chi connectivity index (χ1v) is 11.9. The Morgan fingerprint density at radius 1 is 1.03 bits per heavy atom. The molecule has 1 aliphatic rings. The molecule has 0 saturated carbocycles. The lowest BCUT2D eigenvalue weighted by Crippen LogP contribution is -2.16. The number of ether oxygens (including phenoxy) is 1. The lowest BCUT2D eigenvalue weighted by molar-refractivity contribution is -0.137. The molecule has 0 amide bonds. The highest BCUT2D eigenvalue weighted by Gasteiger charge is 2.33. The summed E-state index contributed by atoms with van der Waals surface area (Å²) in [7, 11) is 0. The molecule has 174 valence electrons. The minimum absolute atomic E-state index is 0.141. The van der Waals surface area contributed by atoms with Crippen LogP contribution in [0, 0.1) is 5.82 Å². The molecule has 3 heterocycles. The average molecular weight is 505 g/mol. The zero-order valence-electron chi connectivity index (χ0n) is 17.3. The van der Waals surface area contributed by atoms with Gasteiger partial charge in [0, 0.05) is 33.5 Å². The van der Waals surface area contributed by atoms with Crippen LogP contribution in [0.1, 0.15) is 29.0 Å². The van der Waals surface area contributed by atoms with Crippen LogP contribution in [0.25, 0.3) is 10.6 Å². The Morgan fingerprint density at radius 2 is 1.82 bits per heavy atom. The molecule has 11 heteroatoms. The summed E-state index contributed by atoms with van der Waals surface area (Å²) in [6.45, 7) is 0.429. The van der Waals surface area contributed by atoms with Crippen molar-refractivity contribution in [2.24, 2.45) is 0 Å². The molecule has 34 heavy (non-hydrogen) atoms. The minimum atomic E-state index is -4.44. The van der Waals surface area contributed by atoms with Crippen LogP contribution in [-0.4, -0.2) is 21.6 Å². The fraction of sp³-hybridized carbons (Fsp3) is 0.174. The van der Waals surface area contributed by atoms with E-state index in [0.717, 1.165) is 34.5 Å². The summed E-state index contributed by atoms with van der Waals surface area (Å²) in [4.78, 5) is 12.8. The molecule has 0 bridgehead atoms. The fourth-order valence-corrected chi connectivity index (χ4v) is 5.10. The van der Waals surface area contributed by atoms with E-state index < -0.39 is 17.6 Å². The van der Waals surface area contributed by atoms with Crippen LogP contribution in [0.4, 0.5) is 23.5 Å². The first-order chi connectivity index (χ1) is 16.4. The summed E-state index contributed by atoms with van der Waals surface area (Å²) in [5, 5.41) is 2.29. The van der Waals surface area contributed by atoms with Crippen molar-refractivity contribution in [2.75, 3.05) is 11.3 Å². The number of hydrogen-bond donors (Lipinski definition) is 1. The third-order valence-electron chi connectivity index (χ3n) is 5.32. The van der Waals surface area contributed by atoms with Gasteiger partial charge in [-0.2, -0.15) is 13.2 Å². The SMILES string of the molecule is Fc1cnc(NSc2ccc3c(c2)OCCC3c2ccc(C(F)(F)F)cc2-c2nccs2)nc1. The molecule has 1 unspecified atom stereocenters. The predicted molar refractivity (Wildman–Crippen MR) is 122 cm³/mol. The number of alkyl halides is 3. The van der Waals surface area contributed by atoms with Gasteiger partial charge in [0.25, 0.3) is 0 Å². The average Bonchev–Trinajstić information content (AvgIpc) is 3.37. The molecule has 2 aromatic carbocycles. The Kier molecular flexibility index (Phi) is 6.13. The molecule has 2 aromatic heterocycles. The second kappa shape index (κ2) is 9.22. The van der Waals surface area contributed by atoms with E-state index in [1.165, 1.54) is 29.4 Å². The summed E-state index contributed by atoms with van der Waals surface area (Å²) in [5.74, 6) is 0.260. The Morgan fingerprint density at radius 3 is 2.56 bits per heavy atom. The second-order valence-corrected chi connectivity index (χ2v) is 9.23. The molecule has 1 atom stereocenters. The standard InChI is InChI=1S/C23H16F4N4OS2/c24-14-11-29-22(30-12-14)31-34-15-2-4-18-17(5-7-32-20(18)10-15)16-3-1-13(23(25,26)27)9-19(16)21-28-6-8-33-21/h1-4,6,8-12,17H,5,7H2,(H,29,30,31). The topological polar surface area (TPSA) is 59.9 Å². The molecule has 0 radical (unpaired) electrons. The maximum Gasteiger partial charge on any atom is 0.416 e. The molecule has 1 N–H and O–H groups in total. The third-order valence-corrected chi connectivity index (χ3v) is 6.90. The third kappa shape index (κ3) is 4.71. The normalized spacial score (nSPS) is 15.5. The molecule has 0 spiro atoms. The van der Waals surface area contributed by atoms with E-state index >= 15 is 0 Å². The number of rotatable bonds is 5. The van der Waals surface area contributed by atoms with Gasteiger partial charge in [0.2, 0.25) is 5.95 Å². The summed E-state index contributed by atoms with van der Waals surface area (Å²) in [6, 6.07) is 9.51. The van der Waals surface area contributed by atoms with Crippen LogP contribution < -0.4 is 9.46 Å². The van der Waals surface area contributed by atoms with Crippen LogP contribution in [0.2, 0.25) is 0 Å². The van der Waals surface area contributed by atoms with Crippen molar-refractivity contribution in [3.63, 3.8) is 0 Å². The van der Waals surface area contributed by atoms with Gasteiger partial charge in [-0.15, -0.1) is 11.3 Å². The van der Waals surface area contributed by atoms with Crippen LogP contribution in [0.3, 0.4) is 0 Å². The maximum absolute atomic E-state index is 13.4. The van der Waals surface area contributed by atoms with E-state index in [9.17, 15) is 17.6 Å². The Labute approximate surface area is 200 Å². The first-order valence-electron chi connectivity index (χ1n) is 10.2. The number of nitrogens with one attached hydrogen (secondary N) is 1. The van der Waals surface area contributed by atoms with Crippen molar-refractivity contribution in [1.29, 1.82) is 0 Å². The highest BCUT2D eigenvalue weighted by atomic mass is 32.2. The number of aromatic nitrogens is 3. The highest BCUT2D eigenvalue weighted by Crippen LogP contribution is 2.45. The van der Waals surface area contributed by atoms with E-state index in [2.05, 4.69) is 19.7 Å². The van der Waals surface area contributed by atoms with Gasteiger partial charge >= 0.3 is 6.18 Å².